The number of sulfone groups is 1. The fourth-order valence-electron chi connectivity index (χ4n) is 2.17. The van der Waals surface area contributed by atoms with E-state index in [1.54, 1.807) is 6.92 Å². The maximum atomic E-state index is 11.9. The standard InChI is InChI=1S/C12H24N2O3S/c1-4-10(5-2)14-12(15)9(3)13-11-6-7-18(16,17)8-11/h9-11,13H,4-8H2,1-3H3,(H,14,15). The van der Waals surface area contributed by atoms with Crippen LogP contribution in [0, 0.1) is 0 Å². The highest BCUT2D eigenvalue weighted by molar-refractivity contribution is 7.91. The van der Waals surface area contributed by atoms with Gasteiger partial charge in [-0.3, -0.25) is 4.79 Å². The second-order valence-electron chi connectivity index (χ2n) is 5.01. The summed E-state index contributed by atoms with van der Waals surface area (Å²) >= 11 is 0. The molecule has 0 aromatic rings. The first-order valence-electron chi connectivity index (χ1n) is 6.64. The molecule has 2 unspecified atom stereocenters. The Morgan fingerprint density at radius 2 is 1.94 bits per heavy atom. The molecular formula is C12H24N2O3S. The molecule has 0 aromatic carbocycles. The van der Waals surface area contributed by atoms with Crippen LogP contribution in [-0.4, -0.2) is 44.0 Å². The van der Waals surface area contributed by atoms with Crippen molar-refractivity contribution in [1.82, 2.24) is 10.6 Å². The van der Waals surface area contributed by atoms with Crippen LogP contribution in [0.1, 0.15) is 40.0 Å². The predicted octanol–water partition coefficient (Wildman–Crippen LogP) is 0.456. The molecule has 0 spiro atoms. The summed E-state index contributed by atoms with van der Waals surface area (Å²) in [6.45, 7) is 5.86. The maximum Gasteiger partial charge on any atom is 0.237 e. The number of nitrogens with one attached hydrogen (secondary N) is 2. The average Bonchev–Trinajstić information content (AvgIpc) is 2.65. The molecule has 2 N–H and O–H groups in total. The highest BCUT2D eigenvalue weighted by Gasteiger charge is 2.30. The van der Waals surface area contributed by atoms with E-state index in [0.29, 0.717) is 6.42 Å². The van der Waals surface area contributed by atoms with Crippen molar-refractivity contribution >= 4 is 15.7 Å². The van der Waals surface area contributed by atoms with Crippen LogP contribution in [0.2, 0.25) is 0 Å². The molecule has 1 rings (SSSR count). The monoisotopic (exact) mass is 276 g/mol. The Labute approximate surface area is 110 Å². The molecule has 5 nitrogen and oxygen atoms in total. The topological polar surface area (TPSA) is 75.3 Å². The van der Waals surface area contributed by atoms with E-state index < -0.39 is 9.84 Å². The number of rotatable bonds is 6. The molecule has 1 amide bonds. The molecule has 2 atom stereocenters. The molecule has 0 aliphatic carbocycles. The summed E-state index contributed by atoms with van der Waals surface area (Å²) in [4.78, 5) is 11.9. The van der Waals surface area contributed by atoms with Gasteiger partial charge in [-0.15, -0.1) is 0 Å². The normalized spacial score (nSPS) is 24.1. The van der Waals surface area contributed by atoms with Crippen molar-refractivity contribution in [2.24, 2.45) is 0 Å². The second kappa shape index (κ2) is 6.52. The van der Waals surface area contributed by atoms with Gasteiger partial charge in [-0.25, -0.2) is 8.42 Å². The number of amides is 1. The second-order valence-corrected chi connectivity index (χ2v) is 7.24. The lowest BCUT2D eigenvalue weighted by molar-refractivity contribution is -0.123. The fourth-order valence-corrected chi connectivity index (χ4v) is 3.86. The van der Waals surface area contributed by atoms with Gasteiger partial charge < -0.3 is 10.6 Å². The van der Waals surface area contributed by atoms with Crippen LogP contribution in [0.15, 0.2) is 0 Å². The summed E-state index contributed by atoms with van der Waals surface area (Å²) in [5.74, 6) is 0.328. The number of hydrogen-bond acceptors (Lipinski definition) is 4. The van der Waals surface area contributed by atoms with E-state index in [0.717, 1.165) is 12.8 Å². The summed E-state index contributed by atoms with van der Waals surface area (Å²) in [5, 5.41) is 6.06. The quantitative estimate of drug-likeness (QED) is 0.739. The van der Waals surface area contributed by atoms with Gasteiger partial charge >= 0.3 is 0 Å². The Hall–Kier alpha value is -0.620. The summed E-state index contributed by atoms with van der Waals surface area (Å²) in [6.07, 6.45) is 2.42. The van der Waals surface area contributed by atoms with E-state index >= 15 is 0 Å². The Bertz CT molecular complexity index is 377. The van der Waals surface area contributed by atoms with Gasteiger partial charge in [0.1, 0.15) is 0 Å². The van der Waals surface area contributed by atoms with Gasteiger partial charge in [0.25, 0.3) is 0 Å². The third-order valence-electron chi connectivity index (χ3n) is 3.44. The molecule has 6 heteroatoms. The molecule has 0 aromatic heterocycles. The lowest BCUT2D eigenvalue weighted by atomic mass is 10.1. The van der Waals surface area contributed by atoms with Crippen LogP contribution in [0.4, 0.5) is 0 Å². The minimum Gasteiger partial charge on any atom is -0.352 e. The molecule has 1 aliphatic rings. The summed E-state index contributed by atoms with van der Waals surface area (Å²) in [6, 6.07) is -0.226. The SMILES string of the molecule is CCC(CC)NC(=O)C(C)NC1CCS(=O)(=O)C1. The number of hydrogen-bond donors (Lipinski definition) is 2. The van der Waals surface area contributed by atoms with Crippen molar-refractivity contribution in [1.29, 1.82) is 0 Å². The van der Waals surface area contributed by atoms with Crippen LogP contribution >= 0.6 is 0 Å². The van der Waals surface area contributed by atoms with E-state index in [1.165, 1.54) is 0 Å². The molecule has 1 heterocycles. The lowest BCUT2D eigenvalue weighted by Gasteiger charge is -2.21. The van der Waals surface area contributed by atoms with Crippen molar-refractivity contribution in [3.05, 3.63) is 0 Å². The van der Waals surface area contributed by atoms with Crippen molar-refractivity contribution in [2.45, 2.75) is 58.2 Å². The van der Waals surface area contributed by atoms with Gasteiger partial charge in [-0.2, -0.15) is 0 Å². The molecule has 1 aliphatic heterocycles. The van der Waals surface area contributed by atoms with Gasteiger partial charge in [-0.05, 0) is 26.2 Å². The van der Waals surface area contributed by atoms with Crippen molar-refractivity contribution < 1.29 is 13.2 Å². The number of carbonyl (C=O) groups excluding carboxylic acids is 1. The molecule has 1 fully saturated rings. The largest absolute Gasteiger partial charge is 0.352 e. The molecule has 0 radical (unpaired) electrons. The van der Waals surface area contributed by atoms with Gasteiger partial charge in [0.2, 0.25) is 5.91 Å². The summed E-state index contributed by atoms with van der Waals surface area (Å²) in [7, 11) is -2.89. The smallest absolute Gasteiger partial charge is 0.237 e. The van der Waals surface area contributed by atoms with E-state index in [9.17, 15) is 13.2 Å². The first-order valence-corrected chi connectivity index (χ1v) is 8.47. The van der Waals surface area contributed by atoms with Crippen molar-refractivity contribution in [3.63, 3.8) is 0 Å². The zero-order chi connectivity index (χ0) is 13.8. The lowest BCUT2D eigenvalue weighted by Crippen LogP contribution is -2.49. The number of carbonyl (C=O) groups is 1. The zero-order valence-electron chi connectivity index (χ0n) is 11.4. The minimum atomic E-state index is -2.89. The maximum absolute atomic E-state index is 11.9. The average molecular weight is 276 g/mol. The minimum absolute atomic E-state index is 0.0482. The summed E-state index contributed by atoms with van der Waals surface area (Å²) < 4.78 is 22.6. The van der Waals surface area contributed by atoms with Gasteiger partial charge in [0, 0.05) is 12.1 Å². The Morgan fingerprint density at radius 1 is 1.33 bits per heavy atom. The van der Waals surface area contributed by atoms with Crippen LogP contribution in [0.5, 0.6) is 0 Å². The molecule has 0 saturated carbocycles. The molecule has 1 saturated heterocycles. The molecular weight excluding hydrogens is 252 g/mol. The first-order chi connectivity index (χ1) is 8.38. The van der Waals surface area contributed by atoms with Crippen molar-refractivity contribution in [2.75, 3.05) is 11.5 Å². The highest BCUT2D eigenvalue weighted by Crippen LogP contribution is 2.12. The van der Waals surface area contributed by atoms with E-state index in [4.69, 9.17) is 0 Å². The highest BCUT2D eigenvalue weighted by atomic mass is 32.2. The predicted molar refractivity (Wildman–Crippen MR) is 72.2 cm³/mol. The Morgan fingerprint density at radius 3 is 2.39 bits per heavy atom. The summed E-state index contributed by atoms with van der Waals surface area (Å²) in [5.41, 5.74) is 0. The Balaban J connectivity index is 2.41. The van der Waals surface area contributed by atoms with Crippen LogP contribution < -0.4 is 10.6 Å². The van der Waals surface area contributed by atoms with Gasteiger partial charge in [0.05, 0.1) is 17.5 Å². The van der Waals surface area contributed by atoms with Crippen LogP contribution in [0.25, 0.3) is 0 Å². The third kappa shape index (κ3) is 4.57. The van der Waals surface area contributed by atoms with Gasteiger partial charge in [-0.1, -0.05) is 13.8 Å². The van der Waals surface area contributed by atoms with E-state index in [-0.39, 0.29) is 35.5 Å². The molecule has 18 heavy (non-hydrogen) atoms. The van der Waals surface area contributed by atoms with Crippen LogP contribution in [-0.2, 0) is 14.6 Å². The third-order valence-corrected chi connectivity index (χ3v) is 5.21. The first kappa shape index (κ1) is 15.4. The van der Waals surface area contributed by atoms with Crippen molar-refractivity contribution in [3.8, 4) is 0 Å². The van der Waals surface area contributed by atoms with Gasteiger partial charge in [0.15, 0.2) is 9.84 Å². The fraction of sp³-hybridized carbons (Fsp3) is 0.917. The Kier molecular flexibility index (Phi) is 5.59. The van der Waals surface area contributed by atoms with E-state index in [1.807, 2.05) is 13.8 Å². The zero-order valence-corrected chi connectivity index (χ0v) is 12.2. The van der Waals surface area contributed by atoms with E-state index in [2.05, 4.69) is 10.6 Å². The molecule has 0 bridgehead atoms. The molecule has 106 valence electrons. The van der Waals surface area contributed by atoms with Crippen LogP contribution in [0.3, 0.4) is 0 Å².